The van der Waals surface area contributed by atoms with Gasteiger partial charge < -0.3 is 10.6 Å². The third kappa shape index (κ3) is 3.05. The van der Waals surface area contributed by atoms with Gasteiger partial charge in [-0.1, -0.05) is 24.3 Å². The average molecular weight is 242 g/mol. The number of hydrogen-bond acceptors (Lipinski definition) is 4. The Morgan fingerprint density at radius 1 is 1.11 bits per heavy atom. The molecule has 0 saturated heterocycles. The van der Waals surface area contributed by atoms with E-state index in [1.54, 1.807) is 6.33 Å². The molecule has 0 unspecified atom stereocenters. The third-order valence-electron chi connectivity index (χ3n) is 2.86. The Kier molecular flexibility index (Phi) is 3.89. The van der Waals surface area contributed by atoms with E-state index in [2.05, 4.69) is 39.1 Å². The maximum absolute atomic E-state index is 5.58. The predicted octanol–water partition coefficient (Wildman–Crippen LogP) is 1.88. The number of aromatic nitrogens is 2. The van der Waals surface area contributed by atoms with Crippen LogP contribution in [0.2, 0.25) is 0 Å². The van der Waals surface area contributed by atoms with Crippen molar-refractivity contribution in [2.45, 2.75) is 20.0 Å². The number of rotatable bonds is 4. The molecule has 0 aliphatic carbocycles. The number of benzene rings is 1. The summed E-state index contributed by atoms with van der Waals surface area (Å²) >= 11 is 0. The van der Waals surface area contributed by atoms with Crippen LogP contribution in [-0.4, -0.2) is 17.0 Å². The van der Waals surface area contributed by atoms with E-state index in [-0.39, 0.29) is 0 Å². The van der Waals surface area contributed by atoms with Gasteiger partial charge in [0.1, 0.15) is 12.1 Å². The SMILES string of the molecule is Cc1cc(N(C)Cc2ccc(CN)cc2)ncn1. The van der Waals surface area contributed by atoms with Crippen molar-refractivity contribution >= 4 is 5.82 Å². The molecule has 0 bridgehead atoms. The van der Waals surface area contributed by atoms with Crippen molar-refractivity contribution in [3.8, 4) is 0 Å². The summed E-state index contributed by atoms with van der Waals surface area (Å²) in [6.07, 6.45) is 1.60. The molecule has 2 rings (SSSR count). The molecule has 4 heteroatoms. The van der Waals surface area contributed by atoms with Crippen LogP contribution in [0.5, 0.6) is 0 Å². The van der Waals surface area contributed by atoms with E-state index in [0.29, 0.717) is 6.54 Å². The van der Waals surface area contributed by atoms with Gasteiger partial charge >= 0.3 is 0 Å². The molecule has 0 saturated carbocycles. The lowest BCUT2D eigenvalue weighted by Gasteiger charge is -2.18. The molecule has 4 nitrogen and oxygen atoms in total. The molecule has 2 aromatic rings. The van der Waals surface area contributed by atoms with Gasteiger partial charge in [0, 0.05) is 31.9 Å². The van der Waals surface area contributed by atoms with E-state index in [1.807, 2.05) is 20.0 Å². The lowest BCUT2D eigenvalue weighted by molar-refractivity contribution is 0.884. The maximum Gasteiger partial charge on any atom is 0.132 e. The van der Waals surface area contributed by atoms with Gasteiger partial charge in [0.15, 0.2) is 0 Å². The second-order valence-corrected chi connectivity index (χ2v) is 4.39. The second-order valence-electron chi connectivity index (χ2n) is 4.39. The Morgan fingerprint density at radius 3 is 2.39 bits per heavy atom. The van der Waals surface area contributed by atoms with Crippen LogP contribution in [0, 0.1) is 6.92 Å². The van der Waals surface area contributed by atoms with E-state index in [9.17, 15) is 0 Å². The van der Waals surface area contributed by atoms with Crippen LogP contribution in [0.4, 0.5) is 5.82 Å². The number of hydrogen-bond donors (Lipinski definition) is 1. The summed E-state index contributed by atoms with van der Waals surface area (Å²) in [4.78, 5) is 10.5. The minimum atomic E-state index is 0.585. The Bertz CT molecular complexity index is 507. The zero-order valence-corrected chi connectivity index (χ0v) is 10.8. The highest BCUT2D eigenvalue weighted by Gasteiger charge is 2.04. The third-order valence-corrected chi connectivity index (χ3v) is 2.86. The molecule has 0 aliphatic heterocycles. The van der Waals surface area contributed by atoms with Crippen LogP contribution in [0.1, 0.15) is 16.8 Å². The van der Waals surface area contributed by atoms with Gasteiger partial charge in [0.25, 0.3) is 0 Å². The minimum absolute atomic E-state index is 0.585. The number of nitrogens with two attached hydrogens (primary N) is 1. The van der Waals surface area contributed by atoms with Gasteiger partial charge in [-0.3, -0.25) is 0 Å². The number of nitrogens with zero attached hydrogens (tertiary/aromatic N) is 3. The molecule has 0 fully saturated rings. The topological polar surface area (TPSA) is 55.0 Å². The zero-order valence-electron chi connectivity index (χ0n) is 10.8. The van der Waals surface area contributed by atoms with Crippen molar-refractivity contribution in [1.82, 2.24) is 9.97 Å². The first-order valence-corrected chi connectivity index (χ1v) is 5.96. The van der Waals surface area contributed by atoms with Crippen molar-refractivity contribution in [2.75, 3.05) is 11.9 Å². The lowest BCUT2D eigenvalue weighted by Crippen LogP contribution is -2.18. The highest BCUT2D eigenvalue weighted by atomic mass is 15.2. The number of anilines is 1. The molecule has 1 heterocycles. The molecular formula is C14H18N4. The average Bonchev–Trinajstić information content (AvgIpc) is 2.39. The van der Waals surface area contributed by atoms with Crippen molar-refractivity contribution in [1.29, 1.82) is 0 Å². The fourth-order valence-electron chi connectivity index (χ4n) is 1.78. The normalized spacial score (nSPS) is 10.4. The molecular weight excluding hydrogens is 224 g/mol. The van der Waals surface area contributed by atoms with E-state index >= 15 is 0 Å². The zero-order chi connectivity index (χ0) is 13.0. The first-order chi connectivity index (χ1) is 8.69. The summed E-state index contributed by atoms with van der Waals surface area (Å²) in [7, 11) is 2.03. The van der Waals surface area contributed by atoms with E-state index in [4.69, 9.17) is 5.73 Å². The highest BCUT2D eigenvalue weighted by Crippen LogP contribution is 2.13. The second kappa shape index (κ2) is 5.60. The first-order valence-electron chi connectivity index (χ1n) is 5.96. The van der Waals surface area contributed by atoms with Crippen LogP contribution < -0.4 is 10.6 Å². The summed E-state index contributed by atoms with van der Waals surface area (Å²) in [5.41, 5.74) is 8.95. The van der Waals surface area contributed by atoms with Crippen molar-refractivity contribution < 1.29 is 0 Å². The van der Waals surface area contributed by atoms with Gasteiger partial charge in [-0.2, -0.15) is 0 Å². The molecule has 1 aromatic heterocycles. The molecule has 94 valence electrons. The Hall–Kier alpha value is -1.94. The summed E-state index contributed by atoms with van der Waals surface area (Å²) in [5.74, 6) is 0.936. The van der Waals surface area contributed by atoms with E-state index < -0.39 is 0 Å². The molecule has 2 N–H and O–H groups in total. The molecule has 18 heavy (non-hydrogen) atoms. The quantitative estimate of drug-likeness (QED) is 0.889. The minimum Gasteiger partial charge on any atom is -0.355 e. The molecule has 0 aliphatic rings. The van der Waals surface area contributed by atoms with Gasteiger partial charge in [0.05, 0.1) is 0 Å². The molecule has 1 aromatic carbocycles. The van der Waals surface area contributed by atoms with Crippen LogP contribution in [0.3, 0.4) is 0 Å². The monoisotopic (exact) mass is 242 g/mol. The molecule has 0 spiro atoms. The maximum atomic E-state index is 5.58. The van der Waals surface area contributed by atoms with Crippen molar-refractivity contribution in [3.63, 3.8) is 0 Å². The Balaban J connectivity index is 2.08. The standard InChI is InChI=1S/C14H18N4/c1-11-7-14(17-10-16-11)18(2)9-13-5-3-12(8-15)4-6-13/h3-7,10H,8-9,15H2,1-2H3. The van der Waals surface area contributed by atoms with Gasteiger partial charge in [-0.05, 0) is 18.1 Å². The van der Waals surface area contributed by atoms with Gasteiger partial charge in [0.2, 0.25) is 0 Å². The molecule has 0 amide bonds. The first kappa shape index (κ1) is 12.5. The molecule has 0 radical (unpaired) electrons. The van der Waals surface area contributed by atoms with E-state index in [1.165, 1.54) is 5.56 Å². The van der Waals surface area contributed by atoms with Gasteiger partial charge in [-0.25, -0.2) is 9.97 Å². The fraction of sp³-hybridized carbons (Fsp3) is 0.286. The van der Waals surface area contributed by atoms with Crippen LogP contribution in [-0.2, 0) is 13.1 Å². The van der Waals surface area contributed by atoms with Crippen LogP contribution in [0.15, 0.2) is 36.7 Å². The Labute approximate surface area is 107 Å². The predicted molar refractivity (Wildman–Crippen MR) is 73.2 cm³/mol. The Morgan fingerprint density at radius 2 is 1.78 bits per heavy atom. The van der Waals surface area contributed by atoms with Crippen LogP contribution in [0.25, 0.3) is 0 Å². The van der Waals surface area contributed by atoms with Crippen molar-refractivity contribution in [2.24, 2.45) is 5.73 Å². The molecule has 0 atom stereocenters. The van der Waals surface area contributed by atoms with E-state index in [0.717, 1.165) is 23.6 Å². The summed E-state index contributed by atoms with van der Waals surface area (Å²) in [5, 5.41) is 0. The highest BCUT2D eigenvalue weighted by molar-refractivity contribution is 5.39. The van der Waals surface area contributed by atoms with Crippen LogP contribution >= 0.6 is 0 Å². The largest absolute Gasteiger partial charge is 0.355 e. The van der Waals surface area contributed by atoms with Crippen molar-refractivity contribution in [3.05, 3.63) is 53.5 Å². The summed E-state index contributed by atoms with van der Waals surface area (Å²) in [6, 6.07) is 10.3. The smallest absolute Gasteiger partial charge is 0.132 e. The van der Waals surface area contributed by atoms with Gasteiger partial charge in [-0.15, -0.1) is 0 Å². The summed E-state index contributed by atoms with van der Waals surface area (Å²) in [6.45, 7) is 3.37. The lowest BCUT2D eigenvalue weighted by atomic mass is 10.1. The summed E-state index contributed by atoms with van der Waals surface area (Å²) < 4.78 is 0. The fourth-order valence-corrected chi connectivity index (χ4v) is 1.78. The number of aryl methyl sites for hydroxylation is 1.